The summed E-state index contributed by atoms with van der Waals surface area (Å²) in [5.74, 6) is 0. The quantitative estimate of drug-likeness (QED) is 0.437. The fraction of sp³-hybridized carbons (Fsp3) is 0.889. The Hall–Kier alpha value is -0.750. The first-order chi connectivity index (χ1) is 7.28. The van der Waals surface area contributed by atoms with Crippen LogP contribution in [-0.4, -0.2) is 56.9 Å². The van der Waals surface area contributed by atoms with Gasteiger partial charge in [-0.15, -0.1) is 0 Å². The van der Waals surface area contributed by atoms with Gasteiger partial charge in [-0.1, -0.05) is 0 Å². The summed E-state index contributed by atoms with van der Waals surface area (Å²) in [7, 11) is 0. The van der Waals surface area contributed by atoms with Gasteiger partial charge in [-0.25, -0.2) is 0 Å². The highest BCUT2D eigenvalue weighted by Gasteiger charge is 2.45. The summed E-state index contributed by atoms with van der Waals surface area (Å²) in [5.41, 5.74) is -1.24. The van der Waals surface area contributed by atoms with Gasteiger partial charge < -0.3 is 29.9 Å². The Bertz CT molecular complexity index is 288. The topological polar surface area (TPSA) is 123 Å². The van der Waals surface area contributed by atoms with Crippen molar-refractivity contribution in [3.05, 3.63) is 0 Å². The second kappa shape index (κ2) is 4.63. The SMILES string of the molecule is CC(C)(C#N)OC1OC(O)C(O)C(O)C1O. The minimum atomic E-state index is -1.67. The van der Waals surface area contributed by atoms with Gasteiger partial charge in [0.15, 0.2) is 18.2 Å². The third kappa shape index (κ3) is 2.68. The molecular weight excluding hydrogens is 218 g/mol. The Morgan fingerprint density at radius 2 is 1.69 bits per heavy atom. The summed E-state index contributed by atoms with van der Waals surface area (Å²) in [6.45, 7) is 2.87. The molecule has 1 aliphatic rings. The highest BCUT2D eigenvalue weighted by Crippen LogP contribution is 2.24. The summed E-state index contributed by atoms with van der Waals surface area (Å²) >= 11 is 0. The smallest absolute Gasteiger partial charge is 0.191 e. The van der Waals surface area contributed by atoms with Crippen LogP contribution < -0.4 is 0 Å². The van der Waals surface area contributed by atoms with Gasteiger partial charge in [0.2, 0.25) is 0 Å². The van der Waals surface area contributed by atoms with Gasteiger partial charge >= 0.3 is 0 Å². The first kappa shape index (κ1) is 13.3. The molecule has 0 saturated carbocycles. The number of nitriles is 1. The van der Waals surface area contributed by atoms with Crippen molar-refractivity contribution in [2.45, 2.75) is 50.3 Å². The van der Waals surface area contributed by atoms with Gasteiger partial charge in [-0.3, -0.25) is 0 Å². The zero-order valence-electron chi connectivity index (χ0n) is 8.94. The van der Waals surface area contributed by atoms with Gasteiger partial charge in [0, 0.05) is 0 Å². The summed E-state index contributed by atoms with van der Waals surface area (Å²) in [6.07, 6.45) is -7.78. The van der Waals surface area contributed by atoms with Gasteiger partial charge in [-0.2, -0.15) is 5.26 Å². The lowest BCUT2D eigenvalue weighted by atomic mass is 10.0. The standard InChI is InChI=1S/C9H15NO6/c1-9(2,3-10)16-8-6(13)4(11)5(12)7(14)15-8/h4-8,11-14H,1-2H3. The molecule has 0 radical (unpaired) electrons. The molecule has 0 amide bonds. The molecule has 0 aromatic carbocycles. The Balaban J connectivity index is 2.72. The maximum atomic E-state index is 9.50. The van der Waals surface area contributed by atoms with Crippen LogP contribution in [0.25, 0.3) is 0 Å². The van der Waals surface area contributed by atoms with Crippen LogP contribution in [0.4, 0.5) is 0 Å². The second-order valence-corrected chi connectivity index (χ2v) is 4.11. The predicted molar refractivity (Wildman–Crippen MR) is 49.7 cm³/mol. The highest BCUT2D eigenvalue weighted by molar-refractivity contribution is 4.96. The van der Waals surface area contributed by atoms with E-state index in [0.29, 0.717) is 0 Å². The minimum absolute atomic E-state index is 1.24. The van der Waals surface area contributed by atoms with E-state index in [0.717, 1.165) is 0 Å². The molecule has 1 saturated heterocycles. The van der Waals surface area contributed by atoms with E-state index in [-0.39, 0.29) is 0 Å². The molecule has 0 aromatic rings. The molecule has 92 valence electrons. The molecular formula is C9H15NO6. The van der Waals surface area contributed by atoms with Gasteiger partial charge in [-0.05, 0) is 13.8 Å². The molecule has 0 aliphatic carbocycles. The van der Waals surface area contributed by atoms with Crippen molar-refractivity contribution < 1.29 is 29.9 Å². The van der Waals surface area contributed by atoms with E-state index in [1.807, 2.05) is 6.07 Å². The number of hydrogen-bond acceptors (Lipinski definition) is 7. The van der Waals surface area contributed by atoms with Gasteiger partial charge in [0.1, 0.15) is 18.3 Å². The normalized spacial score (nSPS) is 40.4. The fourth-order valence-corrected chi connectivity index (χ4v) is 1.24. The van der Waals surface area contributed by atoms with Crippen molar-refractivity contribution in [2.24, 2.45) is 0 Å². The van der Waals surface area contributed by atoms with E-state index >= 15 is 0 Å². The third-order valence-electron chi connectivity index (χ3n) is 2.22. The number of aliphatic hydroxyl groups excluding tert-OH is 4. The molecule has 16 heavy (non-hydrogen) atoms. The number of rotatable bonds is 2. The zero-order chi connectivity index (χ0) is 12.5. The first-order valence-corrected chi connectivity index (χ1v) is 4.75. The molecule has 4 N–H and O–H groups in total. The Morgan fingerprint density at radius 1 is 1.12 bits per heavy atom. The molecule has 0 aromatic heterocycles. The van der Waals surface area contributed by atoms with E-state index in [1.54, 1.807) is 0 Å². The molecule has 5 unspecified atom stereocenters. The summed E-state index contributed by atoms with van der Waals surface area (Å²) in [5, 5.41) is 45.9. The number of nitrogens with zero attached hydrogens (tertiary/aromatic N) is 1. The van der Waals surface area contributed by atoms with Crippen molar-refractivity contribution in [2.75, 3.05) is 0 Å². The molecule has 1 heterocycles. The fourth-order valence-electron chi connectivity index (χ4n) is 1.24. The molecule has 0 spiro atoms. The monoisotopic (exact) mass is 233 g/mol. The summed E-state index contributed by atoms with van der Waals surface area (Å²) < 4.78 is 9.81. The van der Waals surface area contributed by atoms with E-state index in [1.165, 1.54) is 13.8 Å². The minimum Gasteiger partial charge on any atom is -0.387 e. The lowest BCUT2D eigenvalue weighted by Crippen LogP contribution is -2.59. The second-order valence-electron chi connectivity index (χ2n) is 4.11. The third-order valence-corrected chi connectivity index (χ3v) is 2.22. The van der Waals surface area contributed by atoms with Crippen LogP contribution in [0, 0.1) is 11.3 Å². The average molecular weight is 233 g/mol. The Labute approximate surface area is 92.4 Å². The van der Waals surface area contributed by atoms with Crippen molar-refractivity contribution >= 4 is 0 Å². The maximum Gasteiger partial charge on any atom is 0.191 e. The van der Waals surface area contributed by atoms with Crippen LogP contribution in [0.15, 0.2) is 0 Å². The number of ether oxygens (including phenoxy) is 2. The summed E-state index contributed by atoms with van der Waals surface area (Å²) in [4.78, 5) is 0. The molecule has 1 aliphatic heterocycles. The molecule has 1 fully saturated rings. The maximum absolute atomic E-state index is 9.50. The van der Waals surface area contributed by atoms with Crippen molar-refractivity contribution in [1.82, 2.24) is 0 Å². The van der Waals surface area contributed by atoms with E-state index < -0.39 is 36.5 Å². The number of hydrogen-bond donors (Lipinski definition) is 4. The van der Waals surface area contributed by atoms with Crippen LogP contribution in [0.5, 0.6) is 0 Å². The lowest BCUT2D eigenvalue weighted by molar-refractivity contribution is -0.351. The molecule has 7 nitrogen and oxygen atoms in total. The van der Waals surface area contributed by atoms with Crippen LogP contribution >= 0.6 is 0 Å². The van der Waals surface area contributed by atoms with E-state index in [4.69, 9.17) is 14.7 Å². The molecule has 5 atom stereocenters. The predicted octanol–water partition coefficient (Wildman–Crippen LogP) is -1.94. The van der Waals surface area contributed by atoms with Gasteiger partial charge in [0.25, 0.3) is 0 Å². The zero-order valence-corrected chi connectivity index (χ0v) is 8.94. The van der Waals surface area contributed by atoms with Crippen LogP contribution in [0.2, 0.25) is 0 Å². The lowest BCUT2D eigenvalue weighted by Gasteiger charge is -2.39. The Kier molecular flexibility index (Phi) is 3.85. The van der Waals surface area contributed by atoms with Gasteiger partial charge in [0.05, 0.1) is 6.07 Å². The first-order valence-electron chi connectivity index (χ1n) is 4.75. The average Bonchev–Trinajstić information content (AvgIpc) is 2.22. The largest absolute Gasteiger partial charge is 0.387 e. The van der Waals surface area contributed by atoms with Crippen molar-refractivity contribution in [3.63, 3.8) is 0 Å². The molecule has 0 bridgehead atoms. The number of aliphatic hydroxyl groups is 4. The van der Waals surface area contributed by atoms with E-state index in [2.05, 4.69) is 0 Å². The van der Waals surface area contributed by atoms with Crippen LogP contribution in [0.1, 0.15) is 13.8 Å². The van der Waals surface area contributed by atoms with E-state index in [9.17, 15) is 20.4 Å². The Morgan fingerprint density at radius 3 is 2.19 bits per heavy atom. The van der Waals surface area contributed by atoms with Crippen molar-refractivity contribution in [3.8, 4) is 6.07 Å². The van der Waals surface area contributed by atoms with Crippen LogP contribution in [0.3, 0.4) is 0 Å². The molecule has 1 rings (SSSR count). The summed E-state index contributed by atoms with van der Waals surface area (Å²) in [6, 6.07) is 1.81. The molecule has 7 heteroatoms. The highest BCUT2D eigenvalue weighted by atomic mass is 16.8. The van der Waals surface area contributed by atoms with Crippen LogP contribution in [-0.2, 0) is 9.47 Å². The van der Waals surface area contributed by atoms with Crippen molar-refractivity contribution in [1.29, 1.82) is 5.26 Å².